The zero-order chi connectivity index (χ0) is 14.7. The number of aromatic nitrogens is 4. The van der Waals surface area contributed by atoms with Gasteiger partial charge in [0.05, 0.1) is 12.3 Å². The molecule has 0 unspecified atom stereocenters. The number of aliphatic hydroxyl groups excluding tert-OH is 1. The van der Waals surface area contributed by atoms with Gasteiger partial charge in [-0.3, -0.25) is 0 Å². The average Bonchev–Trinajstić information content (AvgIpc) is 2.99. The summed E-state index contributed by atoms with van der Waals surface area (Å²) >= 11 is 0. The van der Waals surface area contributed by atoms with Crippen molar-refractivity contribution in [2.75, 3.05) is 0 Å². The van der Waals surface area contributed by atoms with Crippen LogP contribution in [0, 0.1) is 5.82 Å². The number of para-hydroxylation sites is 1. The summed E-state index contributed by atoms with van der Waals surface area (Å²) in [4.78, 5) is 7.71. The number of nitrogens with zero attached hydrogens (tertiary/aromatic N) is 4. The first-order chi connectivity index (χ1) is 10.3. The predicted octanol–water partition coefficient (Wildman–Crippen LogP) is 2.09. The zero-order valence-corrected chi connectivity index (χ0v) is 10.8. The van der Waals surface area contributed by atoms with Crippen LogP contribution in [0.25, 0.3) is 5.69 Å². The smallest absolute Gasteiger partial charge is 0.342 e. The fraction of sp³-hybridized carbons (Fsp3) is 0.0714. The zero-order valence-electron chi connectivity index (χ0n) is 10.8. The van der Waals surface area contributed by atoms with Crippen LogP contribution in [0.2, 0.25) is 0 Å². The van der Waals surface area contributed by atoms with Crippen molar-refractivity contribution in [3.8, 4) is 17.6 Å². The van der Waals surface area contributed by atoms with Crippen LogP contribution >= 0.6 is 0 Å². The Morgan fingerprint density at radius 3 is 2.71 bits per heavy atom. The lowest BCUT2D eigenvalue weighted by atomic mass is 10.3. The van der Waals surface area contributed by atoms with E-state index in [0.29, 0.717) is 0 Å². The van der Waals surface area contributed by atoms with Crippen molar-refractivity contribution in [3.63, 3.8) is 0 Å². The van der Waals surface area contributed by atoms with Gasteiger partial charge in [0.1, 0.15) is 6.33 Å². The molecule has 6 nitrogen and oxygen atoms in total. The van der Waals surface area contributed by atoms with Crippen molar-refractivity contribution < 1.29 is 14.2 Å². The predicted molar refractivity (Wildman–Crippen MR) is 71.6 cm³/mol. The maximum absolute atomic E-state index is 13.9. The Kier molecular flexibility index (Phi) is 3.57. The Bertz CT molecular complexity index is 746. The van der Waals surface area contributed by atoms with Crippen LogP contribution in [0.4, 0.5) is 4.39 Å². The lowest BCUT2D eigenvalue weighted by Gasteiger charge is -2.04. The normalized spacial score (nSPS) is 10.6. The van der Waals surface area contributed by atoms with Crippen molar-refractivity contribution in [1.82, 2.24) is 19.7 Å². The van der Waals surface area contributed by atoms with Gasteiger partial charge in [-0.2, -0.15) is 4.98 Å². The number of benzene rings is 1. The van der Waals surface area contributed by atoms with E-state index >= 15 is 0 Å². The van der Waals surface area contributed by atoms with Crippen LogP contribution in [0.1, 0.15) is 5.56 Å². The van der Waals surface area contributed by atoms with Crippen molar-refractivity contribution >= 4 is 0 Å². The second-order valence-corrected chi connectivity index (χ2v) is 4.16. The minimum absolute atomic E-state index is 0.0275. The lowest BCUT2D eigenvalue weighted by molar-refractivity contribution is 0.272. The first-order valence-electron chi connectivity index (χ1n) is 6.17. The maximum atomic E-state index is 13.9. The van der Waals surface area contributed by atoms with Crippen molar-refractivity contribution in [1.29, 1.82) is 0 Å². The highest BCUT2D eigenvalue weighted by Crippen LogP contribution is 2.21. The molecule has 3 aromatic rings. The van der Waals surface area contributed by atoms with Crippen LogP contribution in [0.15, 0.2) is 48.9 Å². The van der Waals surface area contributed by atoms with Gasteiger partial charge in [0, 0.05) is 11.8 Å². The van der Waals surface area contributed by atoms with Gasteiger partial charge in [0.2, 0.25) is 0 Å². The minimum atomic E-state index is -0.726. The summed E-state index contributed by atoms with van der Waals surface area (Å²) in [6.45, 7) is -0.434. The quantitative estimate of drug-likeness (QED) is 0.795. The molecule has 0 spiro atoms. The Morgan fingerprint density at radius 2 is 1.95 bits per heavy atom. The van der Waals surface area contributed by atoms with E-state index in [1.54, 1.807) is 0 Å². The largest absolute Gasteiger partial charge is 0.401 e. The third-order valence-electron chi connectivity index (χ3n) is 2.79. The Balaban J connectivity index is 1.85. The monoisotopic (exact) mass is 286 g/mol. The first kappa shape index (κ1) is 13.2. The molecule has 3 rings (SSSR count). The summed E-state index contributed by atoms with van der Waals surface area (Å²) in [7, 11) is 0. The molecular formula is C14H11FN4O2. The Hall–Kier alpha value is -2.80. The first-order valence-corrected chi connectivity index (χ1v) is 6.17. The van der Waals surface area contributed by atoms with E-state index < -0.39 is 12.4 Å². The molecule has 0 amide bonds. The number of halogens is 1. The molecule has 0 aliphatic rings. The molecule has 2 heterocycles. The fourth-order valence-electron chi connectivity index (χ4n) is 1.74. The number of rotatable bonds is 4. The van der Waals surface area contributed by atoms with E-state index in [2.05, 4.69) is 15.1 Å². The molecule has 0 fully saturated rings. The third-order valence-corrected chi connectivity index (χ3v) is 2.79. The van der Waals surface area contributed by atoms with Gasteiger partial charge in [-0.25, -0.2) is 14.1 Å². The van der Waals surface area contributed by atoms with E-state index in [9.17, 15) is 4.39 Å². The van der Waals surface area contributed by atoms with Gasteiger partial charge >= 0.3 is 6.01 Å². The summed E-state index contributed by atoms with van der Waals surface area (Å²) in [5, 5.41) is 13.1. The molecule has 0 radical (unpaired) electrons. The van der Waals surface area contributed by atoms with E-state index in [0.717, 1.165) is 5.69 Å². The second kappa shape index (κ2) is 5.68. The van der Waals surface area contributed by atoms with E-state index in [1.807, 2.05) is 30.3 Å². The summed E-state index contributed by atoms with van der Waals surface area (Å²) in [6, 6.07) is 10.7. The number of aliphatic hydroxyl groups is 1. The summed E-state index contributed by atoms with van der Waals surface area (Å²) in [5.41, 5.74) is 0.903. The molecule has 0 saturated heterocycles. The third kappa shape index (κ3) is 2.72. The number of hydrogen-bond donors (Lipinski definition) is 1. The highest BCUT2D eigenvalue weighted by Gasteiger charge is 2.13. The molecule has 106 valence electrons. The van der Waals surface area contributed by atoms with Gasteiger partial charge in [-0.05, 0) is 18.2 Å². The second-order valence-electron chi connectivity index (χ2n) is 4.16. The van der Waals surface area contributed by atoms with Crippen molar-refractivity contribution in [3.05, 3.63) is 60.3 Å². The van der Waals surface area contributed by atoms with Gasteiger partial charge in [0.25, 0.3) is 5.88 Å². The summed E-state index contributed by atoms with van der Waals surface area (Å²) < 4.78 is 20.6. The molecule has 0 aliphatic heterocycles. The van der Waals surface area contributed by atoms with Crippen LogP contribution in [-0.2, 0) is 6.61 Å². The molecule has 1 aromatic carbocycles. The van der Waals surface area contributed by atoms with Crippen LogP contribution in [0.3, 0.4) is 0 Å². The fourth-order valence-corrected chi connectivity index (χ4v) is 1.74. The van der Waals surface area contributed by atoms with Gasteiger partial charge in [0.15, 0.2) is 5.82 Å². The molecule has 0 saturated carbocycles. The molecule has 21 heavy (non-hydrogen) atoms. The molecule has 1 N–H and O–H groups in total. The molecule has 0 atom stereocenters. The molecule has 0 bridgehead atoms. The minimum Gasteiger partial charge on any atom is -0.401 e. The molecule has 7 heteroatoms. The van der Waals surface area contributed by atoms with E-state index in [1.165, 1.54) is 23.3 Å². The highest BCUT2D eigenvalue weighted by atomic mass is 19.1. The van der Waals surface area contributed by atoms with E-state index in [-0.39, 0.29) is 17.5 Å². The SMILES string of the molecule is OCc1ccnc(Oc2ncn(-c3ccccc3)n2)c1F. The molecular weight excluding hydrogens is 275 g/mol. The maximum Gasteiger partial charge on any atom is 0.342 e. The number of hydrogen-bond acceptors (Lipinski definition) is 5. The van der Waals surface area contributed by atoms with Gasteiger partial charge < -0.3 is 9.84 Å². The van der Waals surface area contributed by atoms with Gasteiger partial charge in [-0.15, -0.1) is 5.10 Å². The Morgan fingerprint density at radius 1 is 1.14 bits per heavy atom. The van der Waals surface area contributed by atoms with Crippen LogP contribution in [0.5, 0.6) is 11.9 Å². The van der Waals surface area contributed by atoms with Crippen LogP contribution in [-0.4, -0.2) is 24.9 Å². The highest BCUT2D eigenvalue weighted by molar-refractivity contribution is 5.30. The Labute approximate surface area is 119 Å². The number of ether oxygens (including phenoxy) is 1. The molecule has 2 aromatic heterocycles. The summed E-state index contributed by atoms with van der Waals surface area (Å²) in [6.07, 6.45) is 2.80. The molecule has 0 aliphatic carbocycles. The van der Waals surface area contributed by atoms with Gasteiger partial charge in [-0.1, -0.05) is 18.2 Å². The lowest BCUT2D eigenvalue weighted by Crippen LogP contribution is -1.99. The van der Waals surface area contributed by atoms with E-state index in [4.69, 9.17) is 9.84 Å². The average molecular weight is 286 g/mol. The standard InChI is InChI=1S/C14H11FN4O2/c15-12-10(8-20)6-7-16-13(12)21-14-17-9-19(18-14)11-4-2-1-3-5-11/h1-7,9,20H,8H2. The number of pyridine rings is 1. The van der Waals surface area contributed by atoms with Crippen molar-refractivity contribution in [2.24, 2.45) is 0 Å². The summed E-state index contributed by atoms with van der Waals surface area (Å²) in [5.74, 6) is -0.997. The topological polar surface area (TPSA) is 73.1 Å². The van der Waals surface area contributed by atoms with Crippen LogP contribution < -0.4 is 4.74 Å². The van der Waals surface area contributed by atoms with Crippen molar-refractivity contribution in [2.45, 2.75) is 6.61 Å².